The van der Waals surface area contributed by atoms with Crippen LogP contribution in [0.15, 0.2) is 46.9 Å². The molecular formula is C17H17BrN2O2. The highest BCUT2D eigenvalue weighted by Gasteiger charge is 2.36. The van der Waals surface area contributed by atoms with Crippen LogP contribution in [0.25, 0.3) is 0 Å². The van der Waals surface area contributed by atoms with Crippen LogP contribution < -0.4 is 10.2 Å². The molecule has 0 fully saturated rings. The molecule has 1 aliphatic heterocycles. The molecular weight excluding hydrogens is 344 g/mol. The summed E-state index contributed by atoms with van der Waals surface area (Å²) in [6.07, 6.45) is -0.330. The summed E-state index contributed by atoms with van der Waals surface area (Å²) in [5, 5.41) is 3.38. The van der Waals surface area contributed by atoms with Crippen LogP contribution in [0.4, 0.5) is 21.9 Å². The van der Waals surface area contributed by atoms with Gasteiger partial charge in [-0.2, -0.15) is 0 Å². The number of halogens is 1. The summed E-state index contributed by atoms with van der Waals surface area (Å²) in [6, 6.07) is 13.9. The minimum Gasteiger partial charge on any atom is -0.438 e. The van der Waals surface area contributed by atoms with Gasteiger partial charge in [0.2, 0.25) is 0 Å². The third kappa shape index (κ3) is 2.57. The number of amides is 1. The van der Waals surface area contributed by atoms with Gasteiger partial charge in [-0.15, -0.1) is 0 Å². The number of hydrogen-bond donors (Lipinski definition) is 1. The Bertz CT molecular complexity index is 743. The molecule has 5 heteroatoms. The zero-order valence-electron chi connectivity index (χ0n) is 12.7. The van der Waals surface area contributed by atoms with Crippen molar-refractivity contribution >= 4 is 39.1 Å². The lowest BCUT2D eigenvalue weighted by molar-refractivity contribution is 0.0362. The van der Waals surface area contributed by atoms with Gasteiger partial charge in [0, 0.05) is 22.8 Å². The van der Waals surface area contributed by atoms with E-state index in [0.717, 1.165) is 27.1 Å². The van der Waals surface area contributed by atoms with E-state index in [4.69, 9.17) is 4.74 Å². The highest BCUT2D eigenvalue weighted by molar-refractivity contribution is 9.10. The first-order valence-electron chi connectivity index (χ1n) is 7.01. The number of ether oxygens (including phenoxy) is 1. The molecule has 2 aromatic carbocycles. The quantitative estimate of drug-likeness (QED) is 0.817. The maximum atomic E-state index is 11.9. The minimum atomic E-state index is -0.648. The van der Waals surface area contributed by atoms with E-state index < -0.39 is 5.60 Å². The number of nitrogens with one attached hydrogen (secondary N) is 1. The molecule has 2 aromatic rings. The fourth-order valence-electron chi connectivity index (χ4n) is 2.55. The zero-order chi connectivity index (χ0) is 15.9. The van der Waals surface area contributed by atoms with Crippen LogP contribution in [0, 0.1) is 0 Å². The van der Waals surface area contributed by atoms with Crippen molar-refractivity contribution in [3.05, 3.63) is 52.5 Å². The smallest absolute Gasteiger partial charge is 0.414 e. The molecule has 0 saturated heterocycles. The van der Waals surface area contributed by atoms with Crippen molar-refractivity contribution in [1.82, 2.24) is 0 Å². The maximum Gasteiger partial charge on any atom is 0.414 e. The monoisotopic (exact) mass is 360 g/mol. The highest BCUT2D eigenvalue weighted by Crippen LogP contribution is 2.40. The van der Waals surface area contributed by atoms with Crippen LogP contribution in [0.5, 0.6) is 0 Å². The second-order valence-electron chi connectivity index (χ2n) is 5.77. The summed E-state index contributed by atoms with van der Waals surface area (Å²) in [4.78, 5) is 13.4. The van der Waals surface area contributed by atoms with Crippen molar-refractivity contribution in [3.8, 4) is 0 Å². The van der Waals surface area contributed by atoms with Crippen molar-refractivity contribution in [2.75, 3.05) is 17.3 Å². The van der Waals surface area contributed by atoms with Crippen molar-refractivity contribution in [2.24, 2.45) is 0 Å². The van der Waals surface area contributed by atoms with Crippen LogP contribution >= 0.6 is 15.9 Å². The average molecular weight is 361 g/mol. The number of nitrogens with zero attached hydrogens (tertiary/aromatic N) is 1. The fraction of sp³-hybridized carbons (Fsp3) is 0.235. The zero-order valence-corrected chi connectivity index (χ0v) is 14.3. The predicted octanol–water partition coefficient (Wildman–Crippen LogP) is 5.01. The van der Waals surface area contributed by atoms with Crippen molar-refractivity contribution in [3.63, 3.8) is 0 Å². The first-order chi connectivity index (χ1) is 10.4. The number of rotatable bonds is 2. The Balaban J connectivity index is 2.00. The minimum absolute atomic E-state index is 0.330. The van der Waals surface area contributed by atoms with Crippen LogP contribution in [0.2, 0.25) is 0 Å². The second-order valence-corrected chi connectivity index (χ2v) is 6.63. The molecule has 1 amide bonds. The van der Waals surface area contributed by atoms with E-state index in [1.807, 2.05) is 56.3 Å². The molecule has 0 radical (unpaired) electrons. The number of fused-ring (bicyclic) bond motifs is 1. The Morgan fingerprint density at radius 3 is 2.64 bits per heavy atom. The SMILES string of the molecule is CN1C(=O)OC(C)(C)c2cc(Nc3ccccc3Br)ccc21. The first-order valence-corrected chi connectivity index (χ1v) is 7.80. The third-order valence-corrected chi connectivity index (χ3v) is 4.47. The van der Waals surface area contributed by atoms with Crippen LogP contribution in [0.3, 0.4) is 0 Å². The van der Waals surface area contributed by atoms with Crippen LogP contribution in [-0.4, -0.2) is 13.1 Å². The topological polar surface area (TPSA) is 41.6 Å². The van der Waals surface area contributed by atoms with Gasteiger partial charge in [0.05, 0.1) is 11.4 Å². The molecule has 0 spiro atoms. The standard InChI is InChI=1S/C17H17BrN2O2/c1-17(2)12-10-11(19-14-7-5-4-6-13(14)18)8-9-15(12)20(3)16(21)22-17/h4-10,19H,1-3H3. The number of carbonyl (C=O) groups excluding carboxylic acids is 1. The molecule has 0 aliphatic carbocycles. The Morgan fingerprint density at radius 1 is 1.18 bits per heavy atom. The van der Waals surface area contributed by atoms with E-state index in [9.17, 15) is 4.79 Å². The van der Waals surface area contributed by atoms with E-state index in [1.165, 1.54) is 4.90 Å². The Kier molecular flexibility index (Phi) is 3.60. The molecule has 0 saturated carbocycles. The van der Waals surface area contributed by atoms with Gasteiger partial charge in [0.1, 0.15) is 5.60 Å². The molecule has 1 N–H and O–H groups in total. The van der Waals surface area contributed by atoms with E-state index >= 15 is 0 Å². The van der Waals surface area contributed by atoms with Gasteiger partial charge in [-0.1, -0.05) is 12.1 Å². The van der Waals surface area contributed by atoms with Gasteiger partial charge in [0.15, 0.2) is 0 Å². The van der Waals surface area contributed by atoms with E-state index in [-0.39, 0.29) is 6.09 Å². The number of cyclic esters (lactones) is 1. The van der Waals surface area contributed by atoms with Gasteiger partial charge < -0.3 is 10.1 Å². The maximum absolute atomic E-state index is 11.9. The van der Waals surface area contributed by atoms with Gasteiger partial charge in [0.25, 0.3) is 0 Å². The Labute approximate surface area is 138 Å². The van der Waals surface area contributed by atoms with Crippen LogP contribution in [-0.2, 0) is 10.3 Å². The van der Waals surface area contributed by atoms with Crippen LogP contribution in [0.1, 0.15) is 19.4 Å². The Morgan fingerprint density at radius 2 is 1.91 bits per heavy atom. The largest absolute Gasteiger partial charge is 0.438 e. The van der Waals surface area contributed by atoms with E-state index in [1.54, 1.807) is 7.05 Å². The molecule has 22 heavy (non-hydrogen) atoms. The molecule has 0 unspecified atom stereocenters. The molecule has 0 aromatic heterocycles. The summed E-state index contributed by atoms with van der Waals surface area (Å²) in [7, 11) is 1.72. The third-order valence-electron chi connectivity index (χ3n) is 3.78. The molecule has 4 nitrogen and oxygen atoms in total. The van der Waals surface area contributed by atoms with Gasteiger partial charge in [-0.25, -0.2) is 4.79 Å². The summed E-state index contributed by atoms with van der Waals surface area (Å²) in [5.41, 5.74) is 3.14. The van der Waals surface area contributed by atoms with Gasteiger partial charge in [-0.05, 0) is 60.1 Å². The normalized spacial score (nSPS) is 16.0. The van der Waals surface area contributed by atoms with Gasteiger partial charge in [-0.3, -0.25) is 4.90 Å². The van der Waals surface area contributed by atoms with E-state index in [2.05, 4.69) is 21.2 Å². The number of benzene rings is 2. The predicted molar refractivity (Wildman–Crippen MR) is 91.8 cm³/mol. The lowest BCUT2D eigenvalue weighted by atomic mass is 9.93. The number of hydrogen-bond acceptors (Lipinski definition) is 3. The summed E-state index contributed by atoms with van der Waals surface area (Å²) >= 11 is 3.53. The van der Waals surface area contributed by atoms with Gasteiger partial charge >= 0.3 is 6.09 Å². The molecule has 1 heterocycles. The molecule has 0 atom stereocenters. The first kappa shape index (κ1) is 14.9. The summed E-state index contributed by atoms with van der Waals surface area (Å²) in [5.74, 6) is 0. The molecule has 0 bridgehead atoms. The molecule has 114 valence electrons. The Hall–Kier alpha value is -2.01. The number of anilines is 3. The summed E-state index contributed by atoms with van der Waals surface area (Å²) < 4.78 is 6.49. The van der Waals surface area contributed by atoms with Crippen molar-refractivity contribution in [1.29, 1.82) is 0 Å². The lowest BCUT2D eigenvalue weighted by Crippen LogP contribution is -2.41. The van der Waals surface area contributed by atoms with Crippen molar-refractivity contribution in [2.45, 2.75) is 19.4 Å². The molecule has 3 rings (SSSR count). The van der Waals surface area contributed by atoms with Crippen molar-refractivity contribution < 1.29 is 9.53 Å². The summed E-state index contributed by atoms with van der Waals surface area (Å²) in [6.45, 7) is 3.80. The second kappa shape index (κ2) is 5.32. The molecule has 1 aliphatic rings. The fourth-order valence-corrected chi connectivity index (χ4v) is 2.93. The highest BCUT2D eigenvalue weighted by atomic mass is 79.9. The lowest BCUT2D eigenvalue weighted by Gasteiger charge is -2.37. The average Bonchev–Trinajstić information content (AvgIpc) is 2.47. The number of para-hydroxylation sites is 1. The van der Waals surface area contributed by atoms with E-state index in [0.29, 0.717) is 0 Å². The number of carbonyl (C=O) groups is 1.